The van der Waals surface area contributed by atoms with E-state index in [1.54, 1.807) is 10.7 Å². The molecule has 0 amide bonds. The van der Waals surface area contributed by atoms with Crippen molar-refractivity contribution in [3.05, 3.63) is 11.8 Å². The second-order valence-corrected chi connectivity index (χ2v) is 6.42. The number of hydrogen-bond donors (Lipinski definition) is 1. The summed E-state index contributed by atoms with van der Waals surface area (Å²) in [5.41, 5.74) is 6.45. The van der Waals surface area contributed by atoms with Crippen molar-refractivity contribution >= 4 is 15.7 Å². The van der Waals surface area contributed by atoms with Crippen molar-refractivity contribution in [3.63, 3.8) is 0 Å². The van der Waals surface area contributed by atoms with Gasteiger partial charge < -0.3 is 5.73 Å². The zero-order chi connectivity index (χ0) is 11.1. The van der Waals surface area contributed by atoms with Crippen LogP contribution in [0.5, 0.6) is 0 Å². The first kappa shape index (κ1) is 10.5. The second-order valence-electron chi connectivity index (χ2n) is 4.02. The minimum atomic E-state index is -2.89. The molecule has 0 spiro atoms. The van der Waals surface area contributed by atoms with Gasteiger partial charge in [-0.25, -0.2) is 8.42 Å². The summed E-state index contributed by atoms with van der Waals surface area (Å²) in [6.45, 7) is 2.32. The topological polar surface area (TPSA) is 78.0 Å². The minimum absolute atomic E-state index is 0.282. The summed E-state index contributed by atoms with van der Waals surface area (Å²) in [6.07, 6.45) is 1.50. The van der Waals surface area contributed by atoms with Crippen LogP contribution in [0.15, 0.2) is 6.07 Å². The fraction of sp³-hybridized carbons (Fsp3) is 0.667. The van der Waals surface area contributed by atoms with Crippen LogP contribution in [0.3, 0.4) is 0 Å². The van der Waals surface area contributed by atoms with Crippen molar-refractivity contribution in [1.29, 1.82) is 0 Å². The van der Waals surface area contributed by atoms with Crippen molar-refractivity contribution < 1.29 is 8.42 Å². The van der Waals surface area contributed by atoms with E-state index in [1.807, 2.05) is 6.92 Å². The molecule has 1 aliphatic heterocycles. The zero-order valence-electron chi connectivity index (χ0n) is 8.68. The van der Waals surface area contributed by atoms with Crippen molar-refractivity contribution in [2.75, 3.05) is 11.5 Å². The lowest BCUT2D eigenvalue weighted by Gasteiger charge is -2.10. The molecule has 1 unspecified atom stereocenters. The van der Waals surface area contributed by atoms with E-state index in [0.717, 1.165) is 18.5 Å². The number of anilines is 1. The standard InChI is InChI=1S/C9H15N3O2S/c1-7-5-9(10)11-12(7)6-8-3-2-4-15(8,13)14/h5,8H,2-4,6H2,1H3,(H2,10,11). The number of rotatable bonds is 2. The Morgan fingerprint density at radius 1 is 1.67 bits per heavy atom. The molecule has 0 radical (unpaired) electrons. The largest absolute Gasteiger partial charge is 0.382 e. The smallest absolute Gasteiger partial charge is 0.154 e. The van der Waals surface area contributed by atoms with E-state index in [0.29, 0.717) is 18.1 Å². The highest BCUT2D eigenvalue weighted by atomic mass is 32.2. The molecule has 0 saturated carbocycles. The number of hydrogen-bond acceptors (Lipinski definition) is 4. The maximum Gasteiger partial charge on any atom is 0.154 e. The van der Waals surface area contributed by atoms with Gasteiger partial charge in [0.1, 0.15) is 5.82 Å². The van der Waals surface area contributed by atoms with Gasteiger partial charge in [0.05, 0.1) is 17.5 Å². The maximum absolute atomic E-state index is 11.6. The van der Waals surface area contributed by atoms with Crippen LogP contribution in [-0.2, 0) is 16.4 Å². The normalized spacial score (nSPS) is 24.5. The molecule has 1 fully saturated rings. The predicted molar refractivity (Wildman–Crippen MR) is 58.2 cm³/mol. The van der Waals surface area contributed by atoms with Crippen LogP contribution in [0.4, 0.5) is 5.82 Å². The Morgan fingerprint density at radius 2 is 2.40 bits per heavy atom. The Bertz CT molecular complexity index is 464. The Hall–Kier alpha value is -1.04. The fourth-order valence-corrected chi connectivity index (χ4v) is 3.77. The van der Waals surface area contributed by atoms with Gasteiger partial charge in [-0.3, -0.25) is 4.68 Å². The van der Waals surface area contributed by atoms with Gasteiger partial charge in [-0.15, -0.1) is 0 Å². The molecule has 2 rings (SSSR count). The first-order chi connectivity index (χ1) is 6.99. The highest BCUT2D eigenvalue weighted by Gasteiger charge is 2.31. The van der Waals surface area contributed by atoms with Gasteiger partial charge in [0.2, 0.25) is 0 Å². The summed E-state index contributed by atoms with van der Waals surface area (Å²) in [7, 11) is -2.89. The Morgan fingerprint density at radius 3 is 2.87 bits per heavy atom. The monoisotopic (exact) mass is 229 g/mol. The summed E-state index contributed by atoms with van der Waals surface area (Å²) >= 11 is 0. The molecule has 5 nitrogen and oxygen atoms in total. The zero-order valence-corrected chi connectivity index (χ0v) is 9.50. The Labute approximate surface area is 89.2 Å². The molecule has 1 saturated heterocycles. The molecule has 84 valence electrons. The second kappa shape index (κ2) is 3.52. The van der Waals surface area contributed by atoms with Gasteiger partial charge in [0.15, 0.2) is 9.84 Å². The summed E-state index contributed by atoms with van der Waals surface area (Å²) in [5, 5.41) is 3.79. The Kier molecular flexibility index (Phi) is 2.46. The molecule has 1 aromatic heterocycles. The van der Waals surface area contributed by atoms with Crippen molar-refractivity contribution in [1.82, 2.24) is 9.78 Å². The van der Waals surface area contributed by atoms with E-state index in [2.05, 4.69) is 5.10 Å². The van der Waals surface area contributed by atoms with E-state index in [1.165, 1.54) is 0 Å². The number of sulfone groups is 1. The minimum Gasteiger partial charge on any atom is -0.382 e. The number of nitrogens with two attached hydrogens (primary N) is 1. The van der Waals surface area contributed by atoms with E-state index >= 15 is 0 Å². The first-order valence-electron chi connectivity index (χ1n) is 5.00. The molecule has 1 aliphatic rings. The fourth-order valence-electron chi connectivity index (χ4n) is 1.98. The molecule has 2 heterocycles. The van der Waals surface area contributed by atoms with Gasteiger partial charge in [-0.1, -0.05) is 0 Å². The van der Waals surface area contributed by atoms with Crippen molar-refractivity contribution in [3.8, 4) is 0 Å². The van der Waals surface area contributed by atoms with Crippen LogP contribution in [-0.4, -0.2) is 29.2 Å². The van der Waals surface area contributed by atoms with Gasteiger partial charge in [0, 0.05) is 11.8 Å². The quantitative estimate of drug-likeness (QED) is 0.793. The third-order valence-electron chi connectivity index (χ3n) is 2.84. The third kappa shape index (κ3) is 1.99. The van der Waals surface area contributed by atoms with E-state index in [9.17, 15) is 8.42 Å². The average Bonchev–Trinajstić information content (AvgIpc) is 2.58. The van der Waals surface area contributed by atoms with Gasteiger partial charge >= 0.3 is 0 Å². The number of nitrogen functional groups attached to an aromatic ring is 1. The van der Waals surface area contributed by atoms with Crippen LogP contribution < -0.4 is 5.73 Å². The highest BCUT2D eigenvalue weighted by molar-refractivity contribution is 7.92. The molecule has 1 atom stereocenters. The van der Waals surface area contributed by atoms with Crippen molar-refractivity contribution in [2.45, 2.75) is 31.6 Å². The molecule has 1 aromatic rings. The van der Waals surface area contributed by atoms with Crippen LogP contribution >= 0.6 is 0 Å². The lowest BCUT2D eigenvalue weighted by molar-refractivity contribution is 0.536. The summed E-state index contributed by atoms with van der Waals surface area (Å²) in [5.74, 6) is 0.760. The predicted octanol–water partition coefficient (Wildman–Crippen LogP) is 0.351. The van der Waals surface area contributed by atoms with Crippen LogP contribution in [0, 0.1) is 6.92 Å². The number of nitrogens with zero attached hydrogens (tertiary/aromatic N) is 2. The lowest BCUT2D eigenvalue weighted by Crippen LogP contribution is -2.23. The molecule has 15 heavy (non-hydrogen) atoms. The van der Waals surface area contributed by atoms with Gasteiger partial charge in [0.25, 0.3) is 0 Å². The first-order valence-corrected chi connectivity index (χ1v) is 6.72. The lowest BCUT2D eigenvalue weighted by atomic mass is 10.2. The highest BCUT2D eigenvalue weighted by Crippen LogP contribution is 2.22. The van der Waals surface area contributed by atoms with Crippen LogP contribution in [0.2, 0.25) is 0 Å². The van der Waals surface area contributed by atoms with E-state index < -0.39 is 9.84 Å². The summed E-state index contributed by atoms with van der Waals surface area (Å²) < 4.78 is 24.9. The molecule has 2 N–H and O–H groups in total. The van der Waals surface area contributed by atoms with E-state index in [4.69, 9.17) is 5.73 Å². The van der Waals surface area contributed by atoms with E-state index in [-0.39, 0.29) is 5.25 Å². The number of aromatic nitrogens is 2. The maximum atomic E-state index is 11.6. The molecular formula is C9H15N3O2S. The van der Waals surface area contributed by atoms with Gasteiger partial charge in [-0.05, 0) is 19.8 Å². The van der Waals surface area contributed by atoms with Crippen LogP contribution in [0.25, 0.3) is 0 Å². The van der Waals surface area contributed by atoms with Crippen LogP contribution in [0.1, 0.15) is 18.5 Å². The van der Waals surface area contributed by atoms with Gasteiger partial charge in [-0.2, -0.15) is 5.10 Å². The number of aryl methyl sites for hydroxylation is 1. The Balaban J connectivity index is 2.19. The molecule has 0 aliphatic carbocycles. The molecule has 0 aromatic carbocycles. The summed E-state index contributed by atoms with van der Waals surface area (Å²) in [6, 6.07) is 1.75. The molecular weight excluding hydrogens is 214 g/mol. The third-order valence-corrected chi connectivity index (χ3v) is 5.10. The average molecular weight is 229 g/mol. The SMILES string of the molecule is Cc1cc(N)nn1CC1CCCS1(=O)=O. The van der Waals surface area contributed by atoms with Crippen molar-refractivity contribution in [2.24, 2.45) is 0 Å². The molecule has 6 heteroatoms. The molecule has 0 bridgehead atoms. The summed E-state index contributed by atoms with van der Waals surface area (Å²) in [4.78, 5) is 0.